The summed E-state index contributed by atoms with van der Waals surface area (Å²) < 4.78 is 5.43. The van der Waals surface area contributed by atoms with Gasteiger partial charge in [-0.3, -0.25) is 0 Å². The zero-order chi connectivity index (χ0) is 13.0. The number of hydrogen-bond donors (Lipinski definition) is 2. The minimum Gasteiger partial charge on any atom is -0.491 e. The van der Waals surface area contributed by atoms with Gasteiger partial charge in [-0.2, -0.15) is 0 Å². The van der Waals surface area contributed by atoms with Crippen LogP contribution < -0.4 is 10.5 Å². The highest BCUT2D eigenvalue weighted by atomic mass is 35.5. The fraction of sp³-hybridized carbons (Fsp3) is 0.417. The summed E-state index contributed by atoms with van der Waals surface area (Å²) >= 11 is 5.93. The van der Waals surface area contributed by atoms with E-state index in [0.717, 1.165) is 6.42 Å². The first-order valence-electron chi connectivity index (χ1n) is 5.37. The Morgan fingerprint density at radius 2 is 2.18 bits per heavy atom. The van der Waals surface area contributed by atoms with Crippen LogP contribution in [-0.4, -0.2) is 17.7 Å². The summed E-state index contributed by atoms with van der Waals surface area (Å²) in [5.74, 6) is -0.427. The van der Waals surface area contributed by atoms with E-state index in [0.29, 0.717) is 18.2 Å². The van der Waals surface area contributed by atoms with Gasteiger partial charge in [-0.05, 0) is 24.5 Å². The van der Waals surface area contributed by atoms with Crippen LogP contribution in [0, 0.1) is 5.92 Å². The first kappa shape index (κ1) is 13.6. The molecular weight excluding hydrogens is 242 g/mol. The topological polar surface area (TPSA) is 72.5 Å². The number of halogens is 1. The lowest BCUT2D eigenvalue weighted by Crippen LogP contribution is -2.07. The molecule has 17 heavy (non-hydrogen) atoms. The normalized spacial score (nSPS) is 10.6. The fourth-order valence-electron chi connectivity index (χ4n) is 1.32. The van der Waals surface area contributed by atoms with Gasteiger partial charge in [0.2, 0.25) is 0 Å². The first-order valence-corrected chi connectivity index (χ1v) is 5.74. The minimum atomic E-state index is -1.10. The molecule has 0 atom stereocenters. The van der Waals surface area contributed by atoms with Crippen molar-refractivity contribution in [2.24, 2.45) is 5.92 Å². The highest BCUT2D eigenvalue weighted by molar-refractivity contribution is 6.33. The third-order valence-electron chi connectivity index (χ3n) is 2.24. The molecule has 1 aromatic carbocycles. The number of nitrogens with two attached hydrogens (primary N) is 1. The Morgan fingerprint density at radius 1 is 1.53 bits per heavy atom. The number of aromatic carboxylic acids is 1. The van der Waals surface area contributed by atoms with E-state index in [1.165, 1.54) is 12.1 Å². The molecule has 94 valence electrons. The van der Waals surface area contributed by atoms with E-state index in [2.05, 4.69) is 13.8 Å². The maximum atomic E-state index is 11.0. The molecule has 0 heterocycles. The standard InChI is InChI=1S/C12H16ClNO3/c1-7(2)3-4-17-11-9(12(15)16)5-8(14)6-10(11)13/h5-7H,3-4,14H2,1-2H3,(H,15,16). The molecule has 1 rings (SSSR count). The quantitative estimate of drug-likeness (QED) is 0.795. The van der Waals surface area contributed by atoms with Crippen molar-refractivity contribution >= 4 is 23.3 Å². The van der Waals surface area contributed by atoms with Gasteiger partial charge >= 0.3 is 5.97 Å². The smallest absolute Gasteiger partial charge is 0.339 e. The third kappa shape index (κ3) is 3.82. The molecule has 0 saturated heterocycles. The number of carboxylic acids is 1. The van der Waals surface area contributed by atoms with Crippen LogP contribution in [0.1, 0.15) is 30.6 Å². The largest absolute Gasteiger partial charge is 0.491 e. The summed E-state index contributed by atoms with van der Waals surface area (Å²) in [7, 11) is 0. The average molecular weight is 258 g/mol. The van der Waals surface area contributed by atoms with Crippen LogP contribution in [0.15, 0.2) is 12.1 Å². The maximum Gasteiger partial charge on any atom is 0.339 e. The molecule has 0 aliphatic carbocycles. The van der Waals surface area contributed by atoms with Gasteiger partial charge in [0.25, 0.3) is 0 Å². The molecular formula is C12H16ClNO3. The number of benzene rings is 1. The Balaban J connectivity index is 2.92. The highest BCUT2D eigenvalue weighted by Gasteiger charge is 2.16. The lowest BCUT2D eigenvalue weighted by Gasteiger charge is -2.12. The summed E-state index contributed by atoms with van der Waals surface area (Å²) in [6.45, 7) is 4.56. The average Bonchev–Trinajstić information content (AvgIpc) is 2.19. The zero-order valence-corrected chi connectivity index (χ0v) is 10.6. The Morgan fingerprint density at radius 3 is 2.71 bits per heavy atom. The summed E-state index contributed by atoms with van der Waals surface area (Å²) in [6.07, 6.45) is 0.833. The second-order valence-electron chi connectivity index (χ2n) is 4.22. The summed E-state index contributed by atoms with van der Waals surface area (Å²) in [4.78, 5) is 11.0. The fourth-order valence-corrected chi connectivity index (χ4v) is 1.60. The number of hydrogen-bond acceptors (Lipinski definition) is 3. The van der Waals surface area contributed by atoms with Gasteiger partial charge in [-0.25, -0.2) is 4.79 Å². The molecule has 0 radical (unpaired) electrons. The Labute approximate surface area is 105 Å². The van der Waals surface area contributed by atoms with E-state index in [4.69, 9.17) is 27.2 Å². The van der Waals surface area contributed by atoms with Crippen molar-refractivity contribution in [1.29, 1.82) is 0 Å². The third-order valence-corrected chi connectivity index (χ3v) is 2.52. The van der Waals surface area contributed by atoms with E-state index in [1.54, 1.807) is 0 Å². The molecule has 1 aromatic rings. The molecule has 5 heteroatoms. The zero-order valence-electron chi connectivity index (χ0n) is 9.87. The van der Waals surface area contributed by atoms with E-state index >= 15 is 0 Å². The predicted octanol–water partition coefficient (Wildman–Crippen LogP) is 3.05. The molecule has 0 saturated carbocycles. The SMILES string of the molecule is CC(C)CCOc1c(Cl)cc(N)cc1C(=O)O. The van der Waals surface area contributed by atoms with E-state index in [1.807, 2.05) is 0 Å². The van der Waals surface area contributed by atoms with Crippen molar-refractivity contribution in [2.45, 2.75) is 20.3 Å². The lowest BCUT2D eigenvalue weighted by molar-refractivity contribution is 0.0692. The van der Waals surface area contributed by atoms with Crippen LogP contribution in [0.25, 0.3) is 0 Å². The van der Waals surface area contributed by atoms with Gasteiger partial charge in [-0.15, -0.1) is 0 Å². The lowest BCUT2D eigenvalue weighted by atomic mass is 10.1. The van der Waals surface area contributed by atoms with Crippen LogP contribution in [0.5, 0.6) is 5.75 Å². The monoisotopic (exact) mass is 257 g/mol. The minimum absolute atomic E-state index is 0.00115. The van der Waals surface area contributed by atoms with Crippen LogP contribution in [0.4, 0.5) is 5.69 Å². The molecule has 0 bridgehead atoms. The highest BCUT2D eigenvalue weighted by Crippen LogP contribution is 2.31. The molecule has 3 N–H and O–H groups in total. The maximum absolute atomic E-state index is 11.0. The van der Waals surface area contributed by atoms with E-state index in [9.17, 15) is 4.79 Å². The number of ether oxygens (including phenoxy) is 1. The van der Waals surface area contributed by atoms with Crippen LogP contribution in [0.3, 0.4) is 0 Å². The van der Waals surface area contributed by atoms with Gasteiger partial charge < -0.3 is 15.6 Å². The molecule has 0 spiro atoms. The number of rotatable bonds is 5. The van der Waals surface area contributed by atoms with E-state index < -0.39 is 5.97 Å². The van der Waals surface area contributed by atoms with Crippen molar-refractivity contribution in [2.75, 3.05) is 12.3 Å². The van der Waals surface area contributed by atoms with Gasteiger partial charge in [0.15, 0.2) is 5.75 Å². The Hall–Kier alpha value is -1.42. The second-order valence-corrected chi connectivity index (χ2v) is 4.62. The molecule has 0 aliphatic rings. The van der Waals surface area contributed by atoms with Crippen molar-refractivity contribution in [3.63, 3.8) is 0 Å². The van der Waals surface area contributed by atoms with Crippen molar-refractivity contribution in [3.05, 3.63) is 22.7 Å². The molecule has 0 aromatic heterocycles. The van der Waals surface area contributed by atoms with Crippen molar-refractivity contribution < 1.29 is 14.6 Å². The summed E-state index contributed by atoms with van der Waals surface area (Å²) in [5.41, 5.74) is 5.85. The first-order chi connectivity index (χ1) is 7.91. The van der Waals surface area contributed by atoms with Crippen LogP contribution >= 0.6 is 11.6 Å². The van der Waals surface area contributed by atoms with Crippen molar-refractivity contribution in [1.82, 2.24) is 0 Å². The van der Waals surface area contributed by atoms with E-state index in [-0.39, 0.29) is 16.3 Å². The number of carboxylic acid groups (broad SMARTS) is 1. The summed E-state index contributed by atoms with van der Waals surface area (Å²) in [6, 6.07) is 2.83. The van der Waals surface area contributed by atoms with Crippen molar-refractivity contribution in [3.8, 4) is 5.75 Å². The van der Waals surface area contributed by atoms with Gasteiger partial charge in [0, 0.05) is 5.69 Å². The van der Waals surface area contributed by atoms with Gasteiger partial charge in [-0.1, -0.05) is 25.4 Å². The number of carbonyl (C=O) groups is 1. The Kier molecular flexibility index (Phi) is 4.63. The van der Waals surface area contributed by atoms with Crippen LogP contribution in [0.2, 0.25) is 5.02 Å². The Bertz CT molecular complexity index is 418. The molecule has 0 aliphatic heterocycles. The van der Waals surface area contributed by atoms with Gasteiger partial charge in [0.05, 0.1) is 11.6 Å². The number of anilines is 1. The molecule has 4 nitrogen and oxygen atoms in total. The summed E-state index contributed by atoms with van der Waals surface area (Å²) in [5, 5.41) is 9.26. The molecule has 0 unspecified atom stereocenters. The molecule has 0 amide bonds. The number of nitrogen functional groups attached to an aromatic ring is 1. The van der Waals surface area contributed by atoms with Gasteiger partial charge in [0.1, 0.15) is 5.56 Å². The second kappa shape index (κ2) is 5.77. The predicted molar refractivity (Wildman–Crippen MR) is 67.8 cm³/mol. The van der Waals surface area contributed by atoms with Crippen LogP contribution in [-0.2, 0) is 0 Å². The molecule has 0 fully saturated rings.